The molecule has 0 atom stereocenters. The van der Waals surface area contributed by atoms with Gasteiger partial charge in [-0.25, -0.2) is 4.98 Å². The van der Waals surface area contributed by atoms with Gasteiger partial charge in [-0.2, -0.15) is 0 Å². The van der Waals surface area contributed by atoms with Gasteiger partial charge in [-0.3, -0.25) is 0 Å². The van der Waals surface area contributed by atoms with E-state index < -0.39 is 0 Å². The molecule has 90 valence electrons. The van der Waals surface area contributed by atoms with Gasteiger partial charge < -0.3 is 10.5 Å². The molecule has 0 aliphatic heterocycles. The molecule has 0 fully saturated rings. The molecule has 0 amide bonds. The highest BCUT2D eigenvalue weighted by Crippen LogP contribution is 2.29. The Hall–Kier alpha value is -1.26. The van der Waals surface area contributed by atoms with Crippen molar-refractivity contribution in [2.24, 2.45) is 0 Å². The molecule has 0 saturated heterocycles. The van der Waals surface area contributed by atoms with Crippen molar-refractivity contribution in [3.63, 3.8) is 0 Å². The fourth-order valence-corrected chi connectivity index (χ4v) is 2.39. The summed E-state index contributed by atoms with van der Waals surface area (Å²) in [5, 5.41) is 0.525. The number of nitrogens with two attached hydrogens (primary N) is 1. The molecule has 2 N–H and O–H groups in total. The Bertz CT molecular complexity index is 513. The van der Waals surface area contributed by atoms with Crippen molar-refractivity contribution >= 4 is 28.6 Å². The molecule has 5 heteroatoms. The van der Waals surface area contributed by atoms with Crippen molar-refractivity contribution in [2.45, 2.75) is 13.3 Å². The Balaban J connectivity index is 1.95. The summed E-state index contributed by atoms with van der Waals surface area (Å²) in [4.78, 5) is 5.43. The van der Waals surface area contributed by atoms with E-state index in [4.69, 9.17) is 22.1 Å². The van der Waals surface area contributed by atoms with Crippen LogP contribution in [0.25, 0.3) is 0 Å². The van der Waals surface area contributed by atoms with Crippen molar-refractivity contribution in [1.29, 1.82) is 0 Å². The molecule has 0 saturated carbocycles. The Morgan fingerprint density at radius 1 is 1.47 bits per heavy atom. The van der Waals surface area contributed by atoms with Crippen LogP contribution in [-0.4, -0.2) is 11.6 Å². The monoisotopic (exact) mass is 268 g/mol. The summed E-state index contributed by atoms with van der Waals surface area (Å²) in [7, 11) is 0. The maximum atomic E-state index is 5.90. The van der Waals surface area contributed by atoms with Crippen LogP contribution < -0.4 is 10.5 Å². The predicted octanol–water partition coefficient (Wildman–Crippen LogP) is 3.31. The number of halogens is 1. The maximum Gasteiger partial charge on any atom is 0.143 e. The zero-order valence-corrected chi connectivity index (χ0v) is 11.0. The van der Waals surface area contributed by atoms with Gasteiger partial charge in [0.2, 0.25) is 0 Å². The fraction of sp³-hybridized carbons (Fsp3) is 0.250. The second kappa shape index (κ2) is 5.38. The number of nitrogen functional groups attached to an aromatic ring is 1. The number of ether oxygens (including phenoxy) is 1. The van der Waals surface area contributed by atoms with E-state index in [-0.39, 0.29) is 0 Å². The molecule has 2 rings (SSSR count). The Labute approximate surface area is 109 Å². The molecular formula is C12H13ClN2OS. The highest BCUT2D eigenvalue weighted by Gasteiger charge is 2.05. The van der Waals surface area contributed by atoms with Crippen molar-refractivity contribution < 1.29 is 4.74 Å². The summed E-state index contributed by atoms with van der Waals surface area (Å²) >= 11 is 7.55. The zero-order chi connectivity index (χ0) is 12.3. The maximum absolute atomic E-state index is 5.90. The van der Waals surface area contributed by atoms with Gasteiger partial charge in [0.15, 0.2) is 0 Å². The van der Waals surface area contributed by atoms with E-state index in [9.17, 15) is 0 Å². The largest absolute Gasteiger partial charge is 0.491 e. The summed E-state index contributed by atoms with van der Waals surface area (Å²) in [5.41, 5.74) is 9.21. The van der Waals surface area contributed by atoms with Crippen molar-refractivity contribution in [2.75, 3.05) is 12.3 Å². The third-order valence-corrected chi connectivity index (χ3v) is 3.77. The van der Waals surface area contributed by atoms with E-state index in [0.29, 0.717) is 23.1 Å². The molecule has 1 aromatic heterocycles. The minimum atomic E-state index is 0.496. The number of aromatic nitrogens is 1. The average Bonchev–Trinajstić information content (AvgIpc) is 2.71. The van der Waals surface area contributed by atoms with E-state index in [1.165, 1.54) is 4.88 Å². The number of thiazole rings is 1. The van der Waals surface area contributed by atoms with Gasteiger partial charge in [0.1, 0.15) is 5.75 Å². The van der Waals surface area contributed by atoms with Crippen molar-refractivity contribution in [3.05, 3.63) is 39.3 Å². The molecule has 2 aromatic rings. The molecule has 0 bridgehead atoms. The number of para-hydroxylation sites is 1. The van der Waals surface area contributed by atoms with E-state index >= 15 is 0 Å². The summed E-state index contributed by atoms with van der Waals surface area (Å²) in [6, 6.07) is 5.39. The Morgan fingerprint density at radius 3 is 3.00 bits per heavy atom. The lowest BCUT2D eigenvalue weighted by molar-refractivity contribution is 0.324. The molecule has 0 radical (unpaired) electrons. The van der Waals surface area contributed by atoms with E-state index in [0.717, 1.165) is 12.1 Å². The van der Waals surface area contributed by atoms with Gasteiger partial charge in [0.05, 0.1) is 28.5 Å². The van der Waals surface area contributed by atoms with Crippen LogP contribution in [0.5, 0.6) is 5.75 Å². The lowest BCUT2D eigenvalue weighted by atomic mass is 10.3. The molecule has 1 heterocycles. The van der Waals surface area contributed by atoms with Gasteiger partial charge in [0, 0.05) is 11.3 Å². The molecule has 3 nitrogen and oxygen atoms in total. The van der Waals surface area contributed by atoms with Crippen LogP contribution in [0.3, 0.4) is 0 Å². The third kappa shape index (κ3) is 2.90. The van der Waals surface area contributed by atoms with Crippen LogP contribution in [0.2, 0.25) is 5.02 Å². The number of aryl methyl sites for hydroxylation is 1. The molecule has 0 unspecified atom stereocenters. The first-order valence-corrected chi connectivity index (χ1v) is 6.50. The van der Waals surface area contributed by atoms with Gasteiger partial charge in [0.25, 0.3) is 0 Å². The van der Waals surface area contributed by atoms with Crippen LogP contribution in [0.4, 0.5) is 5.69 Å². The van der Waals surface area contributed by atoms with Gasteiger partial charge in [-0.1, -0.05) is 17.7 Å². The smallest absolute Gasteiger partial charge is 0.143 e. The lowest BCUT2D eigenvalue weighted by Gasteiger charge is -2.09. The normalized spacial score (nSPS) is 10.5. The van der Waals surface area contributed by atoms with Crippen molar-refractivity contribution in [1.82, 2.24) is 4.98 Å². The van der Waals surface area contributed by atoms with Gasteiger partial charge in [-0.15, -0.1) is 11.3 Å². The molecule has 0 aliphatic rings. The summed E-state index contributed by atoms with van der Waals surface area (Å²) in [5.74, 6) is 0.639. The zero-order valence-electron chi connectivity index (χ0n) is 9.44. The number of hydrogen-bond donors (Lipinski definition) is 1. The van der Waals surface area contributed by atoms with Crippen molar-refractivity contribution in [3.8, 4) is 5.75 Å². The SMILES string of the molecule is Cc1ncsc1CCOc1cccc(Cl)c1N. The fourth-order valence-electron chi connectivity index (χ4n) is 1.46. The van der Waals surface area contributed by atoms with Gasteiger partial charge >= 0.3 is 0 Å². The molecule has 0 spiro atoms. The standard InChI is InChI=1S/C12H13ClN2OS/c1-8-11(17-7-15-8)5-6-16-10-4-2-3-9(13)12(10)14/h2-4,7H,5-6,14H2,1H3. The first-order valence-electron chi connectivity index (χ1n) is 5.24. The number of nitrogens with zero attached hydrogens (tertiary/aromatic N) is 1. The first-order chi connectivity index (χ1) is 8.18. The number of rotatable bonds is 4. The van der Waals surface area contributed by atoms with E-state index in [2.05, 4.69) is 4.98 Å². The number of hydrogen-bond acceptors (Lipinski definition) is 4. The minimum absolute atomic E-state index is 0.496. The average molecular weight is 269 g/mol. The van der Waals surface area contributed by atoms with Crippen LogP contribution >= 0.6 is 22.9 Å². The topological polar surface area (TPSA) is 48.1 Å². The predicted molar refractivity (Wildman–Crippen MR) is 71.9 cm³/mol. The van der Waals surface area contributed by atoms with Crippen LogP contribution in [0.1, 0.15) is 10.6 Å². The van der Waals surface area contributed by atoms with E-state index in [1.807, 2.05) is 24.6 Å². The van der Waals surface area contributed by atoms with Crippen LogP contribution in [0, 0.1) is 6.92 Å². The molecule has 0 aliphatic carbocycles. The summed E-state index contributed by atoms with van der Waals surface area (Å²) in [6.45, 7) is 2.58. The van der Waals surface area contributed by atoms with Gasteiger partial charge in [-0.05, 0) is 19.1 Å². The summed E-state index contributed by atoms with van der Waals surface area (Å²) < 4.78 is 5.62. The third-order valence-electron chi connectivity index (χ3n) is 2.44. The quantitative estimate of drug-likeness (QED) is 0.866. The highest BCUT2D eigenvalue weighted by molar-refractivity contribution is 7.09. The van der Waals surface area contributed by atoms with Crippen LogP contribution in [-0.2, 0) is 6.42 Å². The Kier molecular flexibility index (Phi) is 3.86. The minimum Gasteiger partial charge on any atom is -0.491 e. The lowest BCUT2D eigenvalue weighted by Crippen LogP contribution is -2.03. The molecule has 17 heavy (non-hydrogen) atoms. The molecular weight excluding hydrogens is 256 g/mol. The molecule has 1 aromatic carbocycles. The van der Waals surface area contributed by atoms with E-state index in [1.54, 1.807) is 17.4 Å². The Morgan fingerprint density at radius 2 is 2.29 bits per heavy atom. The second-order valence-electron chi connectivity index (χ2n) is 3.61. The second-order valence-corrected chi connectivity index (χ2v) is 4.96. The summed E-state index contributed by atoms with van der Waals surface area (Å²) in [6.07, 6.45) is 0.836. The van der Waals surface area contributed by atoms with Crippen LogP contribution in [0.15, 0.2) is 23.7 Å². The number of benzene rings is 1. The highest BCUT2D eigenvalue weighted by atomic mass is 35.5. The number of anilines is 1. The first kappa shape index (κ1) is 12.2.